The van der Waals surface area contributed by atoms with Gasteiger partial charge in [-0.3, -0.25) is 4.57 Å². The van der Waals surface area contributed by atoms with Gasteiger partial charge >= 0.3 is 0 Å². The Kier molecular flexibility index (Phi) is 5.15. The summed E-state index contributed by atoms with van der Waals surface area (Å²) in [4.78, 5) is 7.13. The molecule has 6 rings (SSSR count). The van der Waals surface area contributed by atoms with Crippen LogP contribution >= 0.6 is 7.29 Å². The van der Waals surface area contributed by atoms with E-state index in [-0.39, 0.29) is 5.41 Å². The summed E-state index contributed by atoms with van der Waals surface area (Å²) < 4.78 is 25.2. The van der Waals surface area contributed by atoms with Crippen molar-refractivity contribution >= 4 is 30.3 Å². The van der Waals surface area contributed by atoms with Crippen molar-refractivity contribution in [2.45, 2.75) is 26.2 Å². The number of hydrogen-bond acceptors (Lipinski definition) is 5. The van der Waals surface area contributed by atoms with Gasteiger partial charge in [0.1, 0.15) is 0 Å². The summed E-state index contributed by atoms with van der Waals surface area (Å²) in [7, 11) is -1.19. The van der Waals surface area contributed by atoms with Gasteiger partial charge in [-0.1, -0.05) is 50.2 Å². The maximum Gasteiger partial charge on any atom is 0.216 e. The molecule has 8 heteroatoms. The van der Waals surface area contributed by atoms with Crippen molar-refractivity contribution in [1.29, 1.82) is 0 Å². The van der Waals surface area contributed by atoms with Crippen LogP contribution in [0.5, 0.6) is 0 Å². The van der Waals surface area contributed by atoms with Crippen LogP contribution in [0.15, 0.2) is 70.6 Å². The number of fused-ring (bicyclic) bond motifs is 2. The van der Waals surface area contributed by atoms with Gasteiger partial charge in [0.2, 0.25) is 7.29 Å². The van der Waals surface area contributed by atoms with Gasteiger partial charge in [0.05, 0.1) is 35.2 Å². The minimum Gasteiger partial charge on any atom is -0.379 e. The first-order valence-corrected chi connectivity index (χ1v) is 13.7. The van der Waals surface area contributed by atoms with Crippen molar-refractivity contribution in [3.8, 4) is 5.69 Å². The largest absolute Gasteiger partial charge is 0.379 e. The number of nitrogens with zero attached hydrogens (tertiary/aromatic N) is 5. The zero-order chi connectivity index (χ0) is 24.4. The van der Waals surface area contributed by atoms with Gasteiger partial charge in [-0.2, -0.15) is 5.10 Å². The van der Waals surface area contributed by atoms with Crippen molar-refractivity contribution in [3.05, 3.63) is 76.9 Å². The fourth-order valence-corrected chi connectivity index (χ4v) is 9.23. The van der Waals surface area contributed by atoms with Crippen molar-refractivity contribution in [3.63, 3.8) is 0 Å². The summed E-state index contributed by atoms with van der Waals surface area (Å²) in [6.07, 6.45) is 1.85. The summed E-state index contributed by atoms with van der Waals surface area (Å²) in [5, 5.41) is 6.39. The Labute approximate surface area is 206 Å². The second kappa shape index (κ2) is 8.02. The Balaban J connectivity index is 1.64. The summed E-state index contributed by atoms with van der Waals surface area (Å²) in [5.74, 6) is 0.656. The molecule has 0 N–H and O–H groups in total. The van der Waals surface area contributed by atoms with Crippen LogP contribution < -0.4 is 10.2 Å². The quantitative estimate of drug-likeness (QED) is 0.488. The van der Waals surface area contributed by atoms with Crippen LogP contribution in [0.1, 0.15) is 25.1 Å². The summed E-state index contributed by atoms with van der Waals surface area (Å²) >= 11 is 0. The molecule has 0 amide bonds. The molecular formula is C27H30N5O2P. The van der Waals surface area contributed by atoms with E-state index in [2.05, 4.69) is 54.7 Å². The third-order valence-electron chi connectivity index (χ3n) is 7.44. The second-order valence-electron chi connectivity index (χ2n) is 9.84. The molecule has 0 radical (unpaired) electrons. The van der Waals surface area contributed by atoms with E-state index in [9.17, 15) is 0 Å². The minimum absolute atomic E-state index is 0.324. The molecule has 180 valence electrons. The Morgan fingerprint density at radius 2 is 1.69 bits per heavy atom. The Morgan fingerprint density at radius 3 is 2.40 bits per heavy atom. The monoisotopic (exact) mass is 487 g/mol. The van der Waals surface area contributed by atoms with Gasteiger partial charge in [-0.25, -0.2) is 14.3 Å². The molecule has 3 aromatic rings. The zero-order valence-corrected chi connectivity index (χ0v) is 21.5. The number of likely N-dealkylation sites (N-methyl/N-ethyl adjacent to an activating group) is 1. The number of aryl methyl sites for hydroxylation is 1. The van der Waals surface area contributed by atoms with Crippen LogP contribution in [0.4, 0.5) is 11.5 Å². The molecule has 1 atom stereocenters. The number of morpholine rings is 1. The summed E-state index contributed by atoms with van der Waals surface area (Å²) in [6.45, 7) is 8.71. The van der Waals surface area contributed by atoms with Gasteiger partial charge in [0, 0.05) is 43.2 Å². The maximum atomic E-state index is 15.6. The molecule has 1 saturated heterocycles. The van der Waals surface area contributed by atoms with Crippen LogP contribution in [-0.2, 0) is 14.7 Å². The Hall–Kier alpha value is -2.99. The van der Waals surface area contributed by atoms with E-state index < -0.39 is 7.29 Å². The molecule has 0 aliphatic carbocycles. The number of hydrogen-bond donors (Lipinski definition) is 0. The number of benzene rings is 2. The standard InChI is InChI=1S/C27H30N5O2P/c1-19-24-26(32(29-19)20-10-6-5-7-11-20)28-18-23(35(24,33)31-14-16-34-17-15-31)25-27(2,3)21-12-8-9-13-22(21)30(25)4/h5-13,18H,14-17H2,1-4H3/b25-23+/t35-/m0/s1. The van der Waals surface area contributed by atoms with E-state index in [1.807, 2.05) is 48.2 Å². The summed E-state index contributed by atoms with van der Waals surface area (Å²) in [5.41, 5.74) is 4.75. The second-order valence-corrected chi connectivity index (χ2v) is 12.5. The highest BCUT2D eigenvalue weighted by atomic mass is 31.2. The minimum atomic E-state index is -3.26. The van der Waals surface area contributed by atoms with E-state index in [1.165, 1.54) is 5.56 Å². The Bertz CT molecular complexity index is 1420. The van der Waals surface area contributed by atoms with Crippen molar-refractivity contribution in [1.82, 2.24) is 14.5 Å². The number of aromatic nitrogens is 2. The molecule has 2 aromatic carbocycles. The number of anilines is 1. The highest BCUT2D eigenvalue weighted by Crippen LogP contribution is 2.64. The number of aliphatic imine (C=N–C) groups is 1. The maximum absolute atomic E-state index is 15.6. The molecule has 0 unspecified atom stereocenters. The first-order valence-electron chi connectivity index (χ1n) is 12.1. The van der Waals surface area contributed by atoms with Gasteiger partial charge in [0.25, 0.3) is 0 Å². The van der Waals surface area contributed by atoms with E-state index in [0.717, 1.165) is 33.4 Å². The first kappa shape index (κ1) is 22.5. The normalized spacial score (nSPS) is 25.5. The molecule has 1 fully saturated rings. The van der Waals surface area contributed by atoms with Crippen molar-refractivity contribution in [2.75, 3.05) is 38.3 Å². The zero-order valence-electron chi connectivity index (χ0n) is 20.6. The van der Waals surface area contributed by atoms with Gasteiger partial charge in [-0.15, -0.1) is 0 Å². The topological polar surface area (TPSA) is 63.0 Å². The lowest BCUT2D eigenvalue weighted by Gasteiger charge is -2.39. The highest BCUT2D eigenvalue weighted by Gasteiger charge is 2.50. The predicted octanol–water partition coefficient (Wildman–Crippen LogP) is 4.77. The van der Waals surface area contributed by atoms with Crippen molar-refractivity contribution in [2.24, 2.45) is 4.99 Å². The average molecular weight is 488 g/mol. The number of rotatable bonds is 2. The van der Waals surface area contributed by atoms with E-state index in [1.54, 1.807) is 0 Å². The van der Waals surface area contributed by atoms with Gasteiger partial charge < -0.3 is 9.64 Å². The first-order chi connectivity index (χ1) is 16.8. The lowest BCUT2D eigenvalue weighted by Crippen LogP contribution is -2.40. The average Bonchev–Trinajstić information content (AvgIpc) is 3.32. The molecule has 7 nitrogen and oxygen atoms in total. The molecule has 0 bridgehead atoms. The smallest absolute Gasteiger partial charge is 0.216 e. The molecule has 0 saturated carbocycles. The van der Waals surface area contributed by atoms with E-state index >= 15 is 4.57 Å². The highest BCUT2D eigenvalue weighted by molar-refractivity contribution is 7.75. The molecule has 4 heterocycles. The van der Waals surface area contributed by atoms with E-state index in [0.29, 0.717) is 32.1 Å². The van der Waals surface area contributed by atoms with Gasteiger partial charge in [0.15, 0.2) is 5.82 Å². The third-order valence-corrected chi connectivity index (χ3v) is 10.7. The fourth-order valence-electron chi connectivity index (χ4n) is 5.84. The molecule has 3 aliphatic heterocycles. The fraction of sp³-hybridized carbons (Fsp3) is 0.333. The SMILES string of the molecule is Cc1nn(-c2ccccc2)c2c1[P@](=O)(N1CCOCC1)/C(=C1/N(C)c3ccccc3C1(C)C)C=N2. The predicted molar refractivity (Wildman–Crippen MR) is 141 cm³/mol. The lowest BCUT2D eigenvalue weighted by atomic mass is 9.84. The molecule has 0 spiro atoms. The molecule has 3 aliphatic rings. The van der Waals surface area contributed by atoms with Gasteiger partial charge in [-0.05, 0) is 30.7 Å². The summed E-state index contributed by atoms with van der Waals surface area (Å²) in [6, 6.07) is 18.4. The number of allylic oxidation sites excluding steroid dienone is 2. The van der Waals surface area contributed by atoms with Crippen LogP contribution in [0.2, 0.25) is 0 Å². The van der Waals surface area contributed by atoms with E-state index in [4.69, 9.17) is 14.8 Å². The van der Waals surface area contributed by atoms with Crippen LogP contribution in [-0.4, -0.2) is 54.0 Å². The number of ether oxygens (including phenoxy) is 1. The lowest BCUT2D eigenvalue weighted by molar-refractivity contribution is 0.0730. The van der Waals surface area contributed by atoms with Crippen LogP contribution in [0.25, 0.3) is 5.69 Å². The molecule has 35 heavy (non-hydrogen) atoms. The third kappa shape index (κ3) is 3.15. The van der Waals surface area contributed by atoms with Crippen molar-refractivity contribution < 1.29 is 9.30 Å². The Morgan fingerprint density at radius 1 is 1.00 bits per heavy atom. The van der Waals surface area contributed by atoms with Crippen LogP contribution in [0, 0.1) is 6.92 Å². The molecule has 1 aromatic heterocycles. The van der Waals surface area contributed by atoms with Crippen LogP contribution in [0.3, 0.4) is 0 Å². The number of para-hydroxylation sites is 2. The molecular weight excluding hydrogens is 457 g/mol.